The molecule has 0 fully saturated rings. The molecule has 1 aromatic carbocycles. The highest BCUT2D eigenvalue weighted by Crippen LogP contribution is 2.15. The van der Waals surface area contributed by atoms with E-state index in [4.69, 9.17) is 0 Å². The molecular formula is C14H13FN2O. The van der Waals surface area contributed by atoms with Gasteiger partial charge in [-0.1, -0.05) is 6.07 Å². The number of carbonyl (C=O) groups is 1. The molecule has 3 nitrogen and oxygen atoms in total. The zero-order chi connectivity index (χ0) is 13.0. The summed E-state index contributed by atoms with van der Waals surface area (Å²) < 4.78 is 13.3. The number of benzene rings is 1. The second-order valence-corrected chi connectivity index (χ2v) is 3.96. The van der Waals surface area contributed by atoms with E-state index >= 15 is 0 Å². The van der Waals surface area contributed by atoms with Gasteiger partial charge in [0.2, 0.25) is 0 Å². The fourth-order valence-electron chi connectivity index (χ4n) is 1.59. The van der Waals surface area contributed by atoms with Gasteiger partial charge in [-0.2, -0.15) is 0 Å². The molecule has 2 aromatic rings. The van der Waals surface area contributed by atoms with Crippen LogP contribution in [0.4, 0.5) is 10.1 Å². The van der Waals surface area contributed by atoms with Crippen molar-refractivity contribution in [3.05, 3.63) is 59.7 Å². The number of nitrogens with one attached hydrogen (secondary N) is 1. The van der Waals surface area contributed by atoms with Crippen LogP contribution >= 0.6 is 0 Å². The Labute approximate surface area is 105 Å². The van der Waals surface area contributed by atoms with Crippen LogP contribution in [0.3, 0.4) is 0 Å². The predicted molar refractivity (Wildman–Crippen MR) is 68.0 cm³/mol. The molecule has 0 amide bonds. The molecule has 1 aromatic heterocycles. The summed E-state index contributed by atoms with van der Waals surface area (Å²) in [7, 11) is 0. The molecule has 92 valence electrons. The van der Waals surface area contributed by atoms with Gasteiger partial charge in [-0.05, 0) is 37.3 Å². The van der Waals surface area contributed by atoms with E-state index in [-0.39, 0.29) is 5.78 Å². The second-order valence-electron chi connectivity index (χ2n) is 3.96. The van der Waals surface area contributed by atoms with Gasteiger partial charge < -0.3 is 5.32 Å². The summed E-state index contributed by atoms with van der Waals surface area (Å²) in [6.07, 6.45) is 1.70. The summed E-state index contributed by atoms with van der Waals surface area (Å²) >= 11 is 0. The van der Waals surface area contributed by atoms with E-state index in [0.717, 1.165) is 5.69 Å². The van der Waals surface area contributed by atoms with Crippen molar-refractivity contribution < 1.29 is 9.18 Å². The van der Waals surface area contributed by atoms with Crippen molar-refractivity contribution in [1.82, 2.24) is 4.98 Å². The van der Waals surface area contributed by atoms with Crippen LogP contribution in [0.1, 0.15) is 23.0 Å². The Morgan fingerprint density at radius 1 is 1.33 bits per heavy atom. The monoisotopic (exact) mass is 244 g/mol. The normalized spacial score (nSPS) is 10.1. The molecule has 18 heavy (non-hydrogen) atoms. The third-order valence-corrected chi connectivity index (χ3v) is 2.50. The largest absolute Gasteiger partial charge is 0.379 e. The molecule has 0 unspecified atom stereocenters. The van der Waals surface area contributed by atoms with Gasteiger partial charge in [0.15, 0.2) is 5.78 Å². The smallest absolute Gasteiger partial charge is 0.159 e. The number of ketones is 1. The standard InChI is InChI=1S/C14H13FN2O/c1-10(18)11-6-12(15)8-14(7-11)17-9-13-4-2-3-5-16-13/h2-8,17H,9H2,1H3. The fraction of sp³-hybridized carbons (Fsp3) is 0.143. The number of halogens is 1. The van der Waals surface area contributed by atoms with Crippen LogP contribution < -0.4 is 5.32 Å². The van der Waals surface area contributed by atoms with Crippen LogP contribution in [0.25, 0.3) is 0 Å². The Bertz CT molecular complexity index is 555. The van der Waals surface area contributed by atoms with E-state index in [1.165, 1.54) is 19.1 Å². The number of pyridine rings is 1. The number of anilines is 1. The van der Waals surface area contributed by atoms with Crippen molar-refractivity contribution in [3.8, 4) is 0 Å². The minimum absolute atomic E-state index is 0.157. The van der Waals surface area contributed by atoms with Crippen LogP contribution in [0.5, 0.6) is 0 Å². The fourth-order valence-corrected chi connectivity index (χ4v) is 1.59. The van der Waals surface area contributed by atoms with Crippen LogP contribution in [0.15, 0.2) is 42.6 Å². The first-order chi connectivity index (χ1) is 8.65. The van der Waals surface area contributed by atoms with Gasteiger partial charge in [0.25, 0.3) is 0 Å². The number of aromatic nitrogens is 1. The summed E-state index contributed by atoms with van der Waals surface area (Å²) in [6, 6.07) is 9.81. The number of Topliss-reactive ketones (excluding diaryl/α,β-unsaturated/α-hetero) is 1. The molecular weight excluding hydrogens is 231 g/mol. The van der Waals surface area contributed by atoms with Crippen LogP contribution in [0, 0.1) is 5.82 Å². The molecule has 0 aliphatic carbocycles. The first kappa shape index (κ1) is 12.2. The van der Waals surface area contributed by atoms with Gasteiger partial charge in [0.1, 0.15) is 5.82 Å². The van der Waals surface area contributed by atoms with Crippen molar-refractivity contribution in [3.63, 3.8) is 0 Å². The highest BCUT2D eigenvalue weighted by Gasteiger charge is 2.04. The topological polar surface area (TPSA) is 42.0 Å². The molecule has 1 N–H and O–H groups in total. The van der Waals surface area contributed by atoms with Crippen LogP contribution in [-0.2, 0) is 6.54 Å². The first-order valence-electron chi connectivity index (χ1n) is 5.60. The molecule has 2 rings (SSSR count). The third-order valence-electron chi connectivity index (χ3n) is 2.50. The van der Waals surface area contributed by atoms with Crippen molar-refractivity contribution in [2.45, 2.75) is 13.5 Å². The molecule has 0 aliphatic heterocycles. The maximum absolute atomic E-state index is 13.3. The van der Waals surface area contributed by atoms with Crippen molar-refractivity contribution in [1.29, 1.82) is 0 Å². The number of hydrogen-bond donors (Lipinski definition) is 1. The Morgan fingerprint density at radius 2 is 2.17 bits per heavy atom. The minimum atomic E-state index is -0.425. The first-order valence-corrected chi connectivity index (χ1v) is 5.60. The SMILES string of the molecule is CC(=O)c1cc(F)cc(NCc2ccccn2)c1. The summed E-state index contributed by atoms with van der Waals surface area (Å²) in [5.74, 6) is -0.582. The predicted octanol–water partition coefficient (Wildman–Crippen LogP) is 3.04. The number of carbonyl (C=O) groups excluding carboxylic acids is 1. The van der Waals surface area contributed by atoms with E-state index in [2.05, 4.69) is 10.3 Å². The quantitative estimate of drug-likeness (QED) is 0.840. The number of rotatable bonds is 4. The molecule has 0 saturated heterocycles. The van der Waals surface area contributed by atoms with Gasteiger partial charge in [0, 0.05) is 17.4 Å². The van der Waals surface area contributed by atoms with E-state index < -0.39 is 5.82 Å². The lowest BCUT2D eigenvalue weighted by atomic mass is 10.1. The zero-order valence-electron chi connectivity index (χ0n) is 9.98. The maximum atomic E-state index is 13.3. The van der Waals surface area contributed by atoms with E-state index in [1.807, 2.05) is 18.2 Å². The lowest BCUT2D eigenvalue weighted by molar-refractivity contribution is 0.101. The van der Waals surface area contributed by atoms with Crippen molar-refractivity contribution >= 4 is 11.5 Å². The Kier molecular flexibility index (Phi) is 3.67. The van der Waals surface area contributed by atoms with Crippen molar-refractivity contribution in [2.24, 2.45) is 0 Å². The molecule has 1 heterocycles. The zero-order valence-corrected chi connectivity index (χ0v) is 9.98. The Balaban J connectivity index is 2.12. The lowest BCUT2D eigenvalue weighted by Crippen LogP contribution is -2.03. The summed E-state index contributed by atoms with van der Waals surface area (Å²) in [5.41, 5.74) is 1.79. The van der Waals surface area contributed by atoms with E-state index in [9.17, 15) is 9.18 Å². The number of nitrogens with zero attached hydrogens (tertiary/aromatic N) is 1. The average molecular weight is 244 g/mol. The van der Waals surface area contributed by atoms with Gasteiger partial charge in [-0.15, -0.1) is 0 Å². The van der Waals surface area contributed by atoms with Gasteiger partial charge in [-0.3, -0.25) is 9.78 Å². The van der Waals surface area contributed by atoms with Gasteiger partial charge in [0.05, 0.1) is 12.2 Å². The van der Waals surface area contributed by atoms with Crippen LogP contribution in [-0.4, -0.2) is 10.8 Å². The molecule has 0 aliphatic rings. The summed E-state index contributed by atoms with van der Waals surface area (Å²) in [4.78, 5) is 15.4. The molecule has 0 bridgehead atoms. The third kappa shape index (κ3) is 3.13. The highest BCUT2D eigenvalue weighted by molar-refractivity contribution is 5.94. The lowest BCUT2D eigenvalue weighted by Gasteiger charge is -2.07. The molecule has 0 saturated carbocycles. The molecule has 4 heteroatoms. The molecule has 0 atom stereocenters. The average Bonchev–Trinajstić information content (AvgIpc) is 2.37. The Hall–Kier alpha value is -2.23. The highest BCUT2D eigenvalue weighted by atomic mass is 19.1. The van der Waals surface area contributed by atoms with Gasteiger partial charge in [-0.25, -0.2) is 4.39 Å². The summed E-state index contributed by atoms with van der Waals surface area (Å²) in [6.45, 7) is 1.90. The Morgan fingerprint density at radius 3 is 2.83 bits per heavy atom. The van der Waals surface area contributed by atoms with Crippen molar-refractivity contribution in [2.75, 3.05) is 5.32 Å². The van der Waals surface area contributed by atoms with E-state index in [1.54, 1.807) is 12.3 Å². The minimum Gasteiger partial charge on any atom is -0.379 e. The molecule has 0 radical (unpaired) electrons. The van der Waals surface area contributed by atoms with Gasteiger partial charge >= 0.3 is 0 Å². The van der Waals surface area contributed by atoms with Crippen LogP contribution in [0.2, 0.25) is 0 Å². The number of hydrogen-bond acceptors (Lipinski definition) is 3. The maximum Gasteiger partial charge on any atom is 0.159 e. The summed E-state index contributed by atoms with van der Waals surface area (Å²) in [5, 5.41) is 3.04. The second kappa shape index (κ2) is 5.40. The molecule has 0 spiro atoms. The van der Waals surface area contributed by atoms with E-state index in [0.29, 0.717) is 17.8 Å².